The van der Waals surface area contributed by atoms with E-state index in [4.69, 9.17) is 11.5 Å². The van der Waals surface area contributed by atoms with E-state index in [1.54, 1.807) is 0 Å². The van der Waals surface area contributed by atoms with E-state index in [1.165, 1.54) is 30.6 Å². The van der Waals surface area contributed by atoms with Gasteiger partial charge in [-0.2, -0.15) is 0 Å². The van der Waals surface area contributed by atoms with Gasteiger partial charge < -0.3 is 11.5 Å². The van der Waals surface area contributed by atoms with Crippen LogP contribution in [-0.2, 0) is 0 Å². The third-order valence-corrected chi connectivity index (χ3v) is 2.67. The van der Waals surface area contributed by atoms with E-state index < -0.39 is 0 Å². The minimum absolute atomic E-state index is 0.193. The van der Waals surface area contributed by atoms with Gasteiger partial charge in [-0.1, -0.05) is 38.5 Å². The van der Waals surface area contributed by atoms with E-state index >= 15 is 0 Å². The Bertz CT molecular complexity index is 316. The van der Waals surface area contributed by atoms with Gasteiger partial charge in [-0.3, -0.25) is 0 Å². The van der Waals surface area contributed by atoms with E-state index in [9.17, 15) is 4.39 Å². The molecule has 0 saturated heterocycles. The maximum atomic E-state index is 10.7. The number of nitrogens with two attached hydrogens (primary N) is 2. The molecule has 102 valence electrons. The maximum absolute atomic E-state index is 10.7. The van der Waals surface area contributed by atoms with Crippen molar-refractivity contribution in [2.75, 3.05) is 0 Å². The van der Waals surface area contributed by atoms with Crippen molar-refractivity contribution in [2.24, 2.45) is 11.5 Å². The van der Waals surface area contributed by atoms with Crippen LogP contribution < -0.4 is 11.5 Å². The molecule has 1 aliphatic rings. The van der Waals surface area contributed by atoms with E-state index in [0.717, 1.165) is 25.0 Å². The molecule has 1 aliphatic carbocycles. The van der Waals surface area contributed by atoms with Crippen LogP contribution >= 0.6 is 0 Å². The van der Waals surface area contributed by atoms with Crippen LogP contribution in [0.3, 0.4) is 0 Å². The highest BCUT2D eigenvalue weighted by Gasteiger charge is 2.09. The lowest BCUT2D eigenvalue weighted by Crippen LogP contribution is -2.23. The Labute approximate surface area is 110 Å². The summed E-state index contributed by atoms with van der Waals surface area (Å²) in [5.41, 5.74) is 14.0. The number of allylic oxidation sites excluding steroid dienone is 4. The minimum Gasteiger partial charge on any atom is -0.402 e. The summed E-state index contributed by atoms with van der Waals surface area (Å²) in [4.78, 5) is 0. The van der Waals surface area contributed by atoms with Crippen LogP contribution in [0.5, 0.6) is 0 Å². The minimum atomic E-state index is 0.193. The molecule has 1 unspecified atom stereocenters. The molecular weight excluding hydrogens is 227 g/mol. The average molecular weight is 252 g/mol. The third-order valence-electron chi connectivity index (χ3n) is 2.67. The van der Waals surface area contributed by atoms with E-state index in [-0.39, 0.29) is 6.04 Å². The molecule has 4 N–H and O–H groups in total. The topological polar surface area (TPSA) is 52.0 Å². The summed E-state index contributed by atoms with van der Waals surface area (Å²) in [6.45, 7) is 5.41. The second kappa shape index (κ2) is 10.8. The molecule has 0 bridgehead atoms. The number of hydrogen-bond donors (Lipinski definition) is 2. The van der Waals surface area contributed by atoms with Crippen molar-refractivity contribution in [3.8, 4) is 0 Å². The van der Waals surface area contributed by atoms with E-state index in [0.29, 0.717) is 6.33 Å². The predicted molar refractivity (Wildman–Crippen MR) is 77.5 cm³/mol. The number of rotatable bonds is 5. The lowest BCUT2D eigenvalue weighted by molar-refractivity contribution is 0.635. The summed E-state index contributed by atoms with van der Waals surface area (Å²) < 4.78 is 10.7. The molecule has 1 atom stereocenters. The van der Waals surface area contributed by atoms with Crippen molar-refractivity contribution in [3.63, 3.8) is 0 Å². The maximum Gasteiger partial charge on any atom is 0.0866 e. The molecular formula is C15H25FN2. The van der Waals surface area contributed by atoms with Crippen LogP contribution in [0.2, 0.25) is 0 Å². The molecule has 0 aromatic rings. The van der Waals surface area contributed by atoms with Gasteiger partial charge in [0.2, 0.25) is 0 Å². The fraction of sp³-hybridized carbons (Fsp3) is 0.467. The van der Waals surface area contributed by atoms with Crippen molar-refractivity contribution in [1.82, 2.24) is 0 Å². The highest BCUT2D eigenvalue weighted by molar-refractivity contribution is 5.30. The third kappa shape index (κ3) is 7.85. The summed E-state index contributed by atoms with van der Waals surface area (Å²) in [5.74, 6) is 0. The van der Waals surface area contributed by atoms with Crippen LogP contribution in [0, 0.1) is 0 Å². The van der Waals surface area contributed by atoms with Gasteiger partial charge in [0.05, 0.1) is 6.33 Å². The molecule has 1 rings (SSSR count). The Kier molecular flexibility index (Phi) is 9.97. The fourth-order valence-electron chi connectivity index (χ4n) is 1.65. The summed E-state index contributed by atoms with van der Waals surface area (Å²) in [6.07, 6.45) is 12.8. The van der Waals surface area contributed by atoms with Gasteiger partial charge >= 0.3 is 0 Å². The summed E-state index contributed by atoms with van der Waals surface area (Å²) in [7, 11) is 0. The van der Waals surface area contributed by atoms with Crippen molar-refractivity contribution in [3.05, 3.63) is 48.5 Å². The largest absolute Gasteiger partial charge is 0.402 e. The molecule has 0 spiro atoms. The smallest absolute Gasteiger partial charge is 0.0866 e. The van der Waals surface area contributed by atoms with Gasteiger partial charge in [-0.25, -0.2) is 4.39 Å². The Morgan fingerprint density at radius 1 is 1.56 bits per heavy atom. The standard InChI is InChI=1S/C11H20N2.C4H5F/c1-2-3-7-11(13)9-5-4-6-10(12)8-9;1-2-3-4-5/h5,8,11H,2-4,6-7,12-13H2,1H3;2-4H,1H2/b;4-3+. The SMILES string of the molecule is C=C/C=C/F.CCCCC(N)C1=CCCC(N)=C1. The lowest BCUT2D eigenvalue weighted by atomic mass is 9.95. The first kappa shape index (κ1) is 16.6. The summed E-state index contributed by atoms with van der Waals surface area (Å²) in [5, 5.41) is 0. The van der Waals surface area contributed by atoms with Gasteiger partial charge in [-0.15, -0.1) is 0 Å². The van der Waals surface area contributed by atoms with Crippen molar-refractivity contribution < 1.29 is 4.39 Å². The van der Waals surface area contributed by atoms with Crippen molar-refractivity contribution in [1.29, 1.82) is 0 Å². The number of unbranched alkanes of at least 4 members (excludes halogenated alkanes) is 1. The molecule has 0 aromatic heterocycles. The van der Waals surface area contributed by atoms with Crippen LogP contribution in [0.15, 0.2) is 48.5 Å². The Morgan fingerprint density at radius 2 is 2.28 bits per heavy atom. The molecule has 0 radical (unpaired) electrons. The predicted octanol–water partition coefficient (Wildman–Crippen LogP) is 3.72. The van der Waals surface area contributed by atoms with Gasteiger partial charge in [0.25, 0.3) is 0 Å². The average Bonchev–Trinajstić information content (AvgIpc) is 2.37. The molecule has 18 heavy (non-hydrogen) atoms. The zero-order valence-electron chi connectivity index (χ0n) is 11.2. The highest BCUT2D eigenvalue weighted by Crippen LogP contribution is 2.18. The zero-order chi connectivity index (χ0) is 13.8. The Balaban J connectivity index is 0.000000494. The van der Waals surface area contributed by atoms with E-state index in [1.807, 2.05) is 6.08 Å². The van der Waals surface area contributed by atoms with Gasteiger partial charge in [0, 0.05) is 11.7 Å². The number of halogens is 1. The normalized spacial score (nSPS) is 16.4. The van der Waals surface area contributed by atoms with Gasteiger partial charge in [0.1, 0.15) is 0 Å². The van der Waals surface area contributed by atoms with Crippen LogP contribution in [0.25, 0.3) is 0 Å². The monoisotopic (exact) mass is 252 g/mol. The second-order valence-corrected chi connectivity index (χ2v) is 4.26. The van der Waals surface area contributed by atoms with Gasteiger partial charge in [0.15, 0.2) is 0 Å². The van der Waals surface area contributed by atoms with Gasteiger partial charge in [-0.05, 0) is 37.0 Å². The number of hydrogen-bond acceptors (Lipinski definition) is 2. The molecule has 0 heterocycles. The van der Waals surface area contributed by atoms with Crippen molar-refractivity contribution in [2.45, 2.75) is 45.1 Å². The lowest BCUT2D eigenvalue weighted by Gasteiger charge is -2.16. The Morgan fingerprint density at radius 3 is 2.72 bits per heavy atom. The first-order valence-corrected chi connectivity index (χ1v) is 6.45. The molecule has 2 nitrogen and oxygen atoms in total. The molecule has 0 fully saturated rings. The molecule has 0 aliphatic heterocycles. The first-order valence-electron chi connectivity index (χ1n) is 6.45. The quantitative estimate of drug-likeness (QED) is 0.733. The highest BCUT2D eigenvalue weighted by atomic mass is 19.1. The fourth-order valence-corrected chi connectivity index (χ4v) is 1.65. The van der Waals surface area contributed by atoms with Crippen LogP contribution in [0.1, 0.15) is 39.0 Å². The van der Waals surface area contributed by atoms with Crippen molar-refractivity contribution >= 4 is 0 Å². The molecule has 3 heteroatoms. The second-order valence-electron chi connectivity index (χ2n) is 4.26. The van der Waals surface area contributed by atoms with Crippen LogP contribution in [0.4, 0.5) is 4.39 Å². The zero-order valence-corrected chi connectivity index (χ0v) is 11.2. The molecule has 0 amide bonds. The molecule has 0 saturated carbocycles. The summed E-state index contributed by atoms with van der Waals surface area (Å²) in [6, 6.07) is 0.193. The van der Waals surface area contributed by atoms with Crippen LogP contribution in [-0.4, -0.2) is 6.04 Å². The summed E-state index contributed by atoms with van der Waals surface area (Å²) >= 11 is 0. The Hall–Kier alpha value is -1.35. The molecule has 0 aromatic carbocycles. The first-order chi connectivity index (χ1) is 8.65. The van der Waals surface area contributed by atoms with E-state index in [2.05, 4.69) is 19.6 Å².